The molecule has 0 bridgehead atoms. The lowest BCUT2D eigenvalue weighted by atomic mass is 9.81. The van der Waals surface area contributed by atoms with E-state index in [2.05, 4.69) is 37.2 Å². The summed E-state index contributed by atoms with van der Waals surface area (Å²) in [7, 11) is 0. The highest BCUT2D eigenvalue weighted by Crippen LogP contribution is 2.43. The fourth-order valence-corrected chi connectivity index (χ4v) is 4.47. The van der Waals surface area contributed by atoms with Gasteiger partial charge in [0.15, 0.2) is 0 Å². The number of imide groups is 1. The first kappa shape index (κ1) is 17.4. The molecule has 1 aliphatic carbocycles. The molecule has 2 N–H and O–H groups in total. The topological polar surface area (TPSA) is 86.7 Å². The number of amides is 3. The van der Waals surface area contributed by atoms with Gasteiger partial charge in [0.25, 0.3) is 0 Å². The van der Waals surface area contributed by atoms with Crippen molar-refractivity contribution in [3.63, 3.8) is 0 Å². The number of phenols is 1. The Balaban J connectivity index is 1.69. The third-order valence-corrected chi connectivity index (χ3v) is 7.22. The van der Waals surface area contributed by atoms with Gasteiger partial charge < -0.3 is 10.4 Å². The molecule has 8 heteroatoms. The van der Waals surface area contributed by atoms with E-state index in [1.54, 1.807) is 18.2 Å². The smallest absolute Gasteiger partial charge is 0.244 e. The number of alkyl halides is 2. The van der Waals surface area contributed by atoms with Gasteiger partial charge in [0.05, 0.1) is 17.5 Å². The Kier molecular flexibility index (Phi) is 4.96. The number of hydrogen-bond acceptors (Lipinski definition) is 4. The first-order valence-electron chi connectivity index (χ1n) is 7.59. The zero-order valence-corrected chi connectivity index (χ0v) is 15.8. The summed E-state index contributed by atoms with van der Waals surface area (Å²) in [6.45, 7) is -0.334. The number of benzene rings is 1. The van der Waals surface area contributed by atoms with Crippen LogP contribution in [0.4, 0.5) is 5.69 Å². The second kappa shape index (κ2) is 6.84. The fourth-order valence-electron chi connectivity index (χ4n) is 3.23. The Morgan fingerprint density at radius 2 is 1.67 bits per heavy atom. The average molecular weight is 460 g/mol. The number of nitrogens with zero attached hydrogens (tertiary/aromatic N) is 1. The molecule has 0 unspecified atom stereocenters. The number of halogens is 2. The Labute approximate surface area is 155 Å². The zero-order chi connectivity index (χ0) is 17.4. The van der Waals surface area contributed by atoms with Gasteiger partial charge in [0, 0.05) is 9.65 Å². The number of likely N-dealkylation sites (tertiary alicyclic amines) is 1. The van der Waals surface area contributed by atoms with Crippen LogP contribution >= 0.6 is 31.9 Å². The summed E-state index contributed by atoms with van der Waals surface area (Å²) in [5.74, 6) is -1.89. The van der Waals surface area contributed by atoms with Gasteiger partial charge in [-0.3, -0.25) is 19.3 Å². The first-order chi connectivity index (χ1) is 11.4. The number of nitrogens with one attached hydrogen (secondary N) is 1. The Morgan fingerprint density at radius 3 is 2.21 bits per heavy atom. The van der Waals surface area contributed by atoms with Gasteiger partial charge in [0.1, 0.15) is 12.3 Å². The molecule has 4 atom stereocenters. The van der Waals surface area contributed by atoms with Crippen molar-refractivity contribution < 1.29 is 19.5 Å². The standard InChI is InChI=1S/C16H16Br2N2O4/c17-10-5-8-9(6-11(10)18)16(24)20(15(8)23)7-14(22)19-12-3-1-2-4-13(12)21/h1-4,8-11,21H,5-7H2,(H,19,22)/t8-,9+,10-,11-/m0/s1. The second-order valence-corrected chi connectivity index (χ2v) is 8.40. The van der Waals surface area contributed by atoms with E-state index < -0.39 is 5.91 Å². The zero-order valence-electron chi connectivity index (χ0n) is 12.6. The van der Waals surface area contributed by atoms with E-state index in [1.807, 2.05) is 0 Å². The fraction of sp³-hybridized carbons (Fsp3) is 0.438. The molecule has 1 saturated heterocycles. The van der Waals surface area contributed by atoms with Gasteiger partial charge >= 0.3 is 0 Å². The van der Waals surface area contributed by atoms with Crippen molar-refractivity contribution in [2.24, 2.45) is 11.8 Å². The normalized spacial score (nSPS) is 29.5. The van der Waals surface area contributed by atoms with E-state index in [0.717, 1.165) is 4.90 Å². The number of para-hydroxylation sites is 2. The molecule has 0 aromatic heterocycles. The minimum atomic E-state index is -0.511. The minimum Gasteiger partial charge on any atom is -0.506 e. The molecule has 2 aliphatic rings. The molecule has 1 saturated carbocycles. The molecule has 6 nitrogen and oxygen atoms in total. The van der Waals surface area contributed by atoms with Crippen molar-refractivity contribution in [1.82, 2.24) is 4.90 Å². The lowest BCUT2D eigenvalue weighted by Gasteiger charge is -2.29. The molecule has 0 spiro atoms. The quantitative estimate of drug-likeness (QED) is 0.412. The number of anilines is 1. The Morgan fingerprint density at radius 1 is 1.12 bits per heavy atom. The Hall–Kier alpha value is -1.41. The summed E-state index contributed by atoms with van der Waals surface area (Å²) in [5.41, 5.74) is 0.250. The van der Waals surface area contributed by atoms with Gasteiger partial charge in [-0.05, 0) is 25.0 Å². The van der Waals surface area contributed by atoms with Gasteiger partial charge in [-0.1, -0.05) is 44.0 Å². The summed E-state index contributed by atoms with van der Waals surface area (Å²) in [6.07, 6.45) is 1.14. The van der Waals surface area contributed by atoms with Crippen LogP contribution in [0.15, 0.2) is 24.3 Å². The van der Waals surface area contributed by atoms with Gasteiger partial charge in [0.2, 0.25) is 17.7 Å². The number of phenolic OH excluding ortho intramolecular Hbond substituents is 1. The van der Waals surface area contributed by atoms with Crippen molar-refractivity contribution in [2.45, 2.75) is 22.5 Å². The highest BCUT2D eigenvalue weighted by Gasteiger charge is 2.52. The minimum absolute atomic E-state index is 0.0668. The van der Waals surface area contributed by atoms with Crippen molar-refractivity contribution in [3.05, 3.63) is 24.3 Å². The van der Waals surface area contributed by atoms with E-state index in [4.69, 9.17) is 0 Å². The highest BCUT2D eigenvalue weighted by atomic mass is 79.9. The number of rotatable bonds is 3. The van der Waals surface area contributed by atoms with E-state index >= 15 is 0 Å². The van der Waals surface area contributed by atoms with Crippen LogP contribution in [0.3, 0.4) is 0 Å². The van der Waals surface area contributed by atoms with Crippen molar-refractivity contribution >= 4 is 55.3 Å². The maximum absolute atomic E-state index is 12.5. The van der Waals surface area contributed by atoms with Crippen molar-refractivity contribution in [3.8, 4) is 5.75 Å². The SMILES string of the molecule is O=C(CN1C(=O)[C@H]2C[C@H](Br)[C@@H](Br)C[C@H]2C1=O)Nc1ccccc1O. The molecule has 2 fully saturated rings. The van der Waals surface area contributed by atoms with Crippen LogP contribution in [-0.2, 0) is 14.4 Å². The molecule has 3 rings (SSSR count). The highest BCUT2D eigenvalue weighted by molar-refractivity contribution is 9.12. The third kappa shape index (κ3) is 3.21. The van der Waals surface area contributed by atoms with Crippen LogP contribution in [-0.4, -0.2) is 43.9 Å². The van der Waals surface area contributed by atoms with E-state index in [9.17, 15) is 19.5 Å². The van der Waals surface area contributed by atoms with Gasteiger partial charge in [-0.25, -0.2) is 0 Å². The second-order valence-electron chi connectivity index (χ2n) is 6.04. The molecular formula is C16H16Br2N2O4. The van der Waals surface area contributed by atoms with Crippen LogP contribution in [0.25, 0.3) is 0 Å². The summed E-state index contributed by atoms with van der Waals surface area (Å²) >= 11 is 7.05. The molecule has 24 heavy (non-hydrogen) atoms. The molecule has 1 aromatic carbocycles. The monoisotopic (exact) mass is 458 g/mol. The van der Waals surface area contributed by atoms with E-state index in [-0.39, 0.29) is 51.3 Å². The van der Waals surface area contributed by atoms with Gasteiger partial charge in [-0.15, -0.1) is 0 Å². The number of carbonyl (C=O) groups is 3. The molecule has 1 aromatic rings. The maximum Gasteiger partial charge on any atom is 0.244 e. The molecular weight excluding hydrogens is 444 g/mol. The first-order valence-corrected chi connectivity index (χ1v) is 9.43. The lowest BCUT2D eigenvalue weighted by molar-refractivity contribution is -0.142. The van der Waals surface area contributed by atoms with Crippen LogP contribution in [0, 0.1) is 11.8 Å². The summed E-state index contributed by atoms with van der Waals surface area (Å²) in [6, 6.07) is 6.30. The van der Waals surface area contributed by atoms with Crippen LogP contribution in [0.5, 0.6) is 5.75 Å². The predicted molar refractivity (Wildman–Crippen MR) is 95.1 cm³/mol. The van der Waals surface area contributed by atoms with E-state index in [1.165, 1.54) is 6.07 Å². The molecule has 1 heterocycles. The lowest BCUT2D eigenvalue weighted by Crippen LogP contribution is -2.38. The van der Waals surface area contributed by atoms with E-state index in [0.29, 0.717) is 12.8 Å². The number of hydrogen-bond donors (Lipinski definition) is 2. The molecule has 1 aliphatic heterocycles. The third-order valence-electron chi connectivity index (χ3n) is 4.48. The largest absolute Gasteiger partial charge is 0.506 e. The molecule has 0 radical (unpaired) electrons. The summed E-state index contributed by atoms with van der Waals surface area (Å²) in [4.78, 5) is 38.5. The van der Waals surface area contributed by atoms with Crippen LogP contribution in [0.2, 0.25) is 0 Å². The summed E-state index contributed by atoms with van der Waals surface area (Å²) in [5, 5.41) is 12.2. The Bertz CT molecular complexity index is 668. The van der Waals surface area contributed by atoms with Crippen molar-refractivity contribution in [2.75, 3.05) is 11.9 Å². The predicted octanol–water partition coefficient (Wildman–Crippen LogP) is 2.25. The van der Waals surface area contributed by atoms with Gasteiger partial charge in [-0.2, -0.15) is 0 Å². The molecule has 3 amide bonds. The number of fused-ring (bicyclic) bond motifs is 1. The molecule has 128 valence electrons. The maximum atomic E-state index is 12.5. The van der Waals surface area contributed by atoms with Crippen molar-refractivity contribution in [1.29, 1.82) is 0 Å². The van der Waals surface area contributed by atoms with Crippen LogP contribution in [0.1, 0.15) is 12.8 Å². The number of aromatic hydroxyl groups is 1. The average Bonchev–Trinajstić information content (AvgIpc) is 2.75. The summed E-state index contributed by atoms with van der Waals surface area (Å²) < 4.78 is 0. The van der Waals surface area contributed by atoms with Crippen LogP contribution < -0.4 is 5.32 Å². The number of carbonyl (C=O) groups excluding carboxylic acids is 3.